The van der Waals surface area contributed by atoms with E-state index in [4.69, 9.17) is 5.11 Å². The Hall–Kier alpha value is -2.37. The van der Waals surface area contributed by atoms with Gasteiger partial charge in [0.25, 0.3) is 0 Å². The normalized spacial score (nSPS) is 13.5. The van der Waals surface area contributed by atoms with Crippen LogP contribution >= 0.6 is 0 Å². The zero-order chi connectivity index (χ0) is 10.4. The molecule has 3 aliphatic heterocycles. The number of hydrogen-bond donors (Lipinski definition) is 2. The maximum atomic E-state index is 10.8. The smallest absolute Gasteiger partial charge is 0.415 e. The van der Waals surface area contributed by atoms with E-state index in [0.29, 0.717) is 10.7 Å². The summed E-state index contributed by atoms with van der Waals surface area (Å²) in [4.78, 5) is 15.0. The summed E-state index contributed by atoms with van der Waals surface area (Å²) in [7, 11) is 0. The van der Waals surface area contributed by atoms with Gasteiger partial charge < -0.3 is 10.1 Å². The van der Waals surface area contributed by atoms with Crippen molar-refractivity contribution in [1.29, 1.82) is 0 Å². The highest BCUT2D eigenvalue weighted by Crippen LogP contribution is 2.10. The molecule has 0 radical (unpaired) electrons. The quantitative estimate of drug-likeness (QED) is 0.596. The number of fused-ring (bicyclic) bond motifs is 4. The lowest BCUT2D eigenvalue weighted by Crippen LogP contribution is -2.34. The standard InChI is InChI=1S/C9H6N4O2/c14-9(15)13-3-5-1-7-6(2-10-12-7)8(4-13)11-5/h1-4,11H,(H,14,15). The number of rotatable bonds is 0. The number of pyridine rings is 1. The molecule has 2 bridgehead atoms. The minimum atomic E-state index is -1.02. The van der Waals surface area contributed by atoms with Crippen LogP contribution in [0.25, 0.3) is 23.7 Å². The van der Waals surface area contributed by atoms with Gasteiger partial charge in [0.15, 0.2) is 0 Å². The second-order valence-corrected chi connectivity index (χ2v) is 3.23. The van der Waals surface area contributed by atoms with Crippen molar-refractivity contribution < 1.29 is 9.90 Å². The SMILES string of the molecule is O=C(O)N1C=c2cc3nncc-3c([nH]2)=C1. The van der Waals surface area contributed by atoms with Crippen molar-refractivity contribution in [2.45, 2.75) is 0 Å². The van der Waals surface area contributed by atoms with Gasteiger partial charge in [0.2, 0.25) is 0 Å². The number of carbonyl (C=O) groups is 1. The number of aromatic amines is 1. The van der Waals surface area contributed by atoms with Gasteiger partial charge in [-0.05, 0) is 6.07 Å². The molecule has 0 spiro atoms. The Bertz CT molecular complexity index is 630. The van der Waals surface area contributed by atoms with Crippen LogP contribution in [-0.2, 0) is 0 Å². The van der Waals surface area contributed by atoms with Crippen molar-refractivity contribution in [3.05, 3.63) is 23.0 Å². The van der Waals surface area contributed by atoms with Gasteiger partial charge in [-0.25, -0.2) is 4.79 Å². The molecule has 0 aromatic rings. The highest BCUT2D eigenvalue weighted by molar-refractivity contribution is 5.78. The Balaban J connectivity index is 2.38. The predicted molar refractivity (Wildman–Crippen MR) is 51.0 cm³/mol. The second kappa shape index (κ2) is 2.57. The molecule has 0 saturated heterocycles. The fourth-order valence-electron chi connectivity index (χ4n) is 1.60. The highest BCUT2D eigenvalue weighted by Gasteiger charge is 2.14. The summed E-state index contributed by atoms with van der Waals surface area (Å²) in [6.07, 6.45) is 3.58. The molecule has 6 nitrogen and oxygen atoms in total. The molecule has 0 atom stereocenters. The molecule has 3 heterocycles. The second-order valence-electron chi connectivity index (χ2n) is 3.23. The number of amides is 1. The zero-order valence-corrected chi connectivity index (χ0v) is 7.51. The van der Waals surface area contributed by atoms with E-state index in [1.807, 2.05) is 0 Å². The van der Waals surface area contributed by atoms with Crippen LogP contribution in [0.15, 0.2) is 12.3 Å². The molecule has 0 aliphatic carbocycles. The molecule has 0 aromatic carbocycles. The molecule has 0 unspecified atom stereocenters. The number of H-pyrrole nitrogens is 1. The largest absolute Gasteiger partial charge is 0.464 e. The molecular formula is C9H6N4O2. The zero-order valence-electron chi connectivity index (χ0n) is 7.51. The third kappa shape index (κ3) is 1.08. The molecule has 0 aromatic heterocycles. The van der Waals surface area contributed by atoms with E-state index in [1.165, 1.54) is 12.4 Å². The molecule has 2 N–H and O–H groups in total. The van der Waals surface area contributed by atoms with Crippen molar-refractivity contribution in [1.82, 2.24) is 20.1 Å². The first-order valence-corrected chi connectivity index (χ1v) is 4.29. The summed E-state index contributed by atoms with van der Waals surface area (Å²) in [5, 5.41) is 18.0. The average Bonchev–Trinajstić information content (AvgIpc) is 2.65. The Morgan fingerprint density at radius 2 is 2.33 bits per heavy atom. The third-order valence-corrected chi connectivity index (χ3v) is 2.26. The first-order chi connectivity index (χ1) is 7.24. The maximum Gasteiger partial charge on any atom is 0.415 e. The molecular weight excluding hydrogens is 196 g/mol. The van der Waals surface area contributed by atoms with Gasteiger partial charge in [0.05, 0.1) is 22.6 Å². The van der Waals surface area contributed by atoms with Crippen molar-refractivity contribution in [3.8, 4) is 11.3 Å². The molecule has 3 rings (SSSR count). The lowest BCUT2D eigenvalue weighted by atomic mass is 10.2. The summed E-state index contributed by atoms with van der Waals surface area (Å²) in [5.74, 6) is 0. The van der Waals surface area contributed by atoms with Crippen LogP contribution in [-0.4, -0.2) is 31.3 Å². The van der Waals surface area contributed by atoms with Crippen LogP contribution in [0.4, 0.5) is 4.79 Å². The molecule has 0 saturated carbocycles. The van der Waals surface area contributed by atoms with Gasteiger partial charge in [-0.3, -0.25) is 4.90 Å². The number of nitrogens with one attached hydrogen (secondary N) is 1. The van der Waals surface area contributed by atoms with Crippen molar-refractivity contribution in [3.63, 3.8) is 0 Å². The molecule has 3 aliphatic rings. The number of hydrogen-bond acceptors (Lipinski definition) is 3. The van der Waals surface area contributed by atoms with Crippen LogP contribution in [0.5, 0.6) is 0 Å². The molecule has 6 heteroatoms. The van der Waals surface area contributed by atoms with Crippen molar-refractivity contribution in [2.24, 2.45) is 0 Å². The summed E-state index contributed by atoms with van der Waals surface area (Å²) >= 11 is 0. The number of nitrogens with zero attached hydrogens (tertiary/aromatic N) is 3. The Morgan fingerprint density at radius 1 is 1.47 bits per heavy atom. The van der Waals surface area contributed by atoms with Gasteiger partial charge in [-0.15, -0.1) is 0 Å². The van der Waals surface area contributed by atoms with Crippen LogP contribution in [0.3, 0.4) is 0 Å². The summed E-state index contributed by atoms with van der Waals surface area (Å²) in [6.45, 7) is 0. The summed E-state index contributed by atoms with van der Waals surface area (Å²) in [5.41, 5.74) is 1.58. The Kier molecular flexibility index (Phi) is 1.37. The lowest BCUT2D eigenvalue weighted by molar-refractivity contribution is 0.181. The minimum Gasteiger partial charge on any atom is -0.464 e. The van der Waals surface area contributed by atoms with Crippen molar-refractivity contribution >= 4 is 18.5 Å². The van der Waals surface area contributed by atoms with Gasteiger partial charge in [0, 0.05) is 18.0 Å². The van der Waals surface area contributed by atoms with Crippen LogP contribution in [0.2, 0.25) is 0 Å². The van der Waals surface area contributed by atoms with E-state index in [-0.39, 0.29) is 0 Å². The summed E-state index contributed by atoms with van der Waals surface area (Å²) in [6, 6.07) is 1.76. The predicted octanol–water partition coefficient (Wildman–Crippen LogP) is -0.621. The van der Waals surface area contributed by atoms with E-state index in [1.54, 1.807) is 12.3 Å². The highest BCUT2D eigenvalue weighted by atomic mass is 16.4. The molecule has 1 amide bonds. The number of carboxylic acid groups (broad SMARTS) is 1. The first-order valence-electron chi connectivity index (χ1n) is 4.29. The molecule has 74 valence electrons. The fourth-order valence-corrected chi connectivity index (χ4v) is 1.60. The maximum absolute atomic E-state index is 10.8. The number of aromatic nitrogens is 3. The van der Waals surface area contributed by atoms with Crippen LogP contribution in [0.1, 0.15) is 0 Å². The topological polar surface area (TPSA) is 82.1 Å². The first kappa shape index (κ1) is 7.98. The van der Waals surface area contributed by atoms with Gasteiger partial charge in [-0.1, -0.05) is 0 Å². The fraction of sp³-hybridized carbons (Fsp3) is 0. The lowest BCUT2D eigenvalue weighted by Gasteiger charge is -2.13. The minimum absolute atomic E-state index is 0.697. The average molecular weight is 202 g/mol. The van der Waals surface area contributed by atoms with E-state index in [9.17, 15) is 4.79 Å². The Morgan fingerprint density at radius 3 is 3.13 bits per heavy atom. The van der Waals surface area contributed by atoms with Gasteiger partial charge in [-0.2, -0.15) is 10.2 Å². The van der Waals surface area contributed by atoms with Gasteiger partial charge in [0.1, 0.15) is 0 Å². The van der Waals surface area contributed by atoms with E-state index in [2.05, 4.69) is 15.2 Å². The summed E-state index contributed by atoms with van der Waals surface area (Å²) < 4.78 is 0. The van der Waals surface area contributed by atoms with Crippen molar-refractivity contribution in [2.75, 3.05) is 0 Å². The Labute approximate surface area is 83.5 Å². The van der Waals surface area contributed by atoms with Crippen LogP contribution in [0, 0.1) is 0 Å². The van der Waals surface area contributed by atoms with Gasteiger partial charge >= 0.3 is 6.09 Å². The monoisotopic (exact) mass is 202 g/mol. The van der Waals surface area contributed by atoms with Crippen LogP contribution < -0.4 is 10.7 Å². The van der Waals surface area contributed by atoms with E-state index < -0.39 is 6.09 Å². The third-order valence-electron chi connectivity index (χ3n) is 2.26. The molecule has 15 heavy (non-hydrogen) atoms. The molecule has 0 fully saturated rings. The van der Waals surface area contributed by atoms with E-state index in [0.717, 1.165) is 16.2 Å². The van der Waals surface area contributed by atoms with E-state index >= 15 is 0 Å².